The van der Waals surface area contributed by atoms with Crippen molar-refractivity contribution in [3.63, 3.8) is 0 Å². The van der Waals surface area contributed by atoms with Gasteiger partial charge in [0.1, 0.15) is 5.82 Å². The molecule has 3 nitrogen and oxygen atoms in total. The molecule has 1 N–H and O–H groups in total. The molecule has 0 bridgehead atoms. The quantitative estimate of drug-likeness (QED) is 0.837. The summed E-state index contributed by atoms with van der Waals surface area (Å²) in [5.74, 6) is -0.917. The third-order valence-electron chi connectivity index (χ3n) is 3.29. The molecule has 24 heavy (non-hydrogen) atoms. The Balaban J connectivity index is 1.97. The second-order valence-electron chi connectivity index (χ2n) is 5.39. The first kappa shape index (κ1) is 17.9. The van der Waals surface area contributed by atoms with Crippen LogP contribution in [0.2, 0.25) is 0 Å². The van der Waals surface area contributed by atoms with Gasteiger partial charge in [0.25, 0.3) is 0 Å². The first-order valence-electron chi connectivity index (χ1n) is 7.15. The van der Waals surface area contributed by atoms with Crippen LogP contribution in [0.3, 0.4) is 0 Å². The number of benzene rings is 2. The zero-order valence-corrected chi connectivity index (χ0v) is 12.9. The zero-order valence-electron chi connectivity index (χ0n) is 12.9. The van der Waals surface area contributed by atoms with Gasteiger partial charge >= 0.3 is 6.18 Å². The zero-order chi connectivity index (χ0) is 17.7. The molecule has 0 aliphatic carbocycles. The highest BCUT2D eigenvalue weighted by atomic mass is 19.4. The molecule has 0 heterocycles. The lowest BCUT2D eigenvalue weighted by atomic mass is 10.1. The van der Waals surface area contributed by atoms with Crippen LogP contribution >= 0.6 is 0 Å². The van der Waals surface area contributed by atoms with Crippen LogP contribution in [0.5, 0.6) is 0 Å². The summed E-state index contributed by atoms with van der Waals surface area (Å²) >= 11 is 0. The van der Waals surface area contributed by atoms with Gasteiger partial charge in [0, 0.05) is 6.54 Å². The molecule has 0 atom stereocenters. The average Bonchev–Trinajstić information content (AvgIpc) is 2.49. The van der Waals surface area contributed by atoms with E-state index < -0.39 is 17.6 Å². The molecule has 128 valence electrons. The molecule has 0 spiro atoms. The monoisotopic (exact) mass is 340 g/mol. The van der Waals surface area contributed by atoms with Crippen molar-refractivity contribution in [1.82, 2.24) is 4.90 Å². The summed E-state index contributed by atoms with van der Waals surface area (Å²) in [5.41, 5.74) is -0.368. The lowest BCUT2D eigenvalue weighted by Gasteiger charge is -2.18. The minimum Gasteiger partial charge on any atom is -0.324 e. The largest absolute Gasteiger partial charge is 0.418 e. The van der Waals surface area contributed by atoms with Crippen LogP contribution < -0.4 is 5.32 Å². The topological polar surface area (TPSA) is 32.3 Å². The Hall–Kier alpha value is -2.41. The highest BCUT2D eigenvalue weighted by molar-refractivity contribution is 5.93. The van der Waals surface area contributed by atoms with E-state index in [9.17, 15) is 22.4 Å². The Morgan fingerprint density at radius 3 is 2.33 bits per heavy atom. The predicted octanol–water partition coefficient (Wildman–Crippen LogP) is 3.92. The van der Waals surface area contributed by atoms with Gasteiger partial charge in [-0.05, 0) is 36.9 Å². The Labute approximate surface area is 136 Å². The molecule has 0 aliphatic heterocycles. The van der Waals surface area contributed by atoms with Crippen molar-refractivity contribution >= 4 is 11.6 Å². The molecular formula is C17H16F4N2O. The van der Waals surface area contributed by atoms with Crippen LogP contribution in [0, 0.1) is 5.82 Å². The fourth-order valence-corrected chi connectivity index (χ4v) is 2.23. The van der Waals surface area contributed by atoms with E-state index >= 15 is 0 Å². The molecular weight excluding hydrogens is 324 g/mol. The predicted molar refractivity (Wildman–Crippen MR) is 82.8 cm³/mol. The summed E-state index contributed by atoms with van der Waals surface area (Å²) in [7, 11) is 1.65. The summed E-state index contributed by atoms with van der Waals surface area (Å²) < 4.78 is 51.5. The third-order valence-corrected chi connectivity index (χ3v) is 3.29. The van der Waals surface area contributed by atoms with Crippen molar-refractivity contribution < 1.29 is 22.4 Å². The molecule has 2 aromatic carbocycles. The van der Waals surface area contributed by atoms with Crippen molar-refractivity contribution in [2.24, 2.45) is 0 Å². The maximum atomic E-state index is 12.9. The number of nitrogens with zero attached hydrogens (tertiary/aromatic N) is 1. The van der Waals surface area contributed by atoms with Crippen LogP contribution in [0.1, 0.15) is 11.1 Å². The molecule has 2 aromatic rings. The first-order valence-corrected chi connectivity index (χ1v) is 7.15. The Kier molecular flexibility index (Phi) is 5.56. The smallest absolute Gasteiger partial charge is 0.324 e. The van der Waals surface area contributed by atoms with Crippen LogP contribution in [0.4, 0.5) is 23.2 Å². The normalized spacial score (nSPS) is 11.6. The number of halogens is 4. The van der Waals surface area contributed by atoms with E-state index in [1.807, 2.05) is 0 Å². The van der Waals surface area contributed by atoms with Crippen LogP contribution in [-0.4, -0.2) is 24.4 Å². The van der Waals surface area contributed by atoms with Crippen molar-refractivity contribution in [2.75, 3.05) is 18.9 Å². The highest BCUT2D eigenvalue weighted by Gasteiger charge is 2.33. The lowest BCUT2D eigenvalue weighted by Crippen LogP contribution is -2.30. The van der Waals surface area contributed by atoms with Crippen LogP contribution in [0.15, 0.2) is 48.5 Å². The number of likely N-dealkylation sites (N-methyl/N-ethyl adjacent to an activating group) is 1. The number of carbonyl (C=O) groups is 1. The maximum Gasteiger partial charge on any atom is 0.418 e. The van der Waals surface area contributed by atoms with Gasteiger partial charge < -0.3 is 5.32 Å². The van der Waals surface area contributed by atoms with E-state index in [1.54, 1.807) is 24.1 Å². The Bertz CT molecular complexity index is 698. The molecule has 2 rings (SSSR count). The number of hydrogen-bond donors (Lipinski definition) is 1. The minimum atomic E-state index is -4.54. The van der Waals surface area contributed by atoms with Gasteiger partial charge in [-0.1, -0.05) is 24.3 Å². The molecule has 1 amide bonds. The second kappa shape index (κ2) is 7.44. The van der Waals surface area contributed by atoms with E-state index in [0.717, 1.165) is 11.6 Å². The number of carbonyl (C=O) groups excluding carboxylic acids is 1. The van der Waals surface area contributed by atoms with Gasteiger partial charge in [-0.25, -0.2) is 4.39 Å². The van der Waals surface area contributed by atoms with Gasteiger partial charge in [0.15, 0.2) is 0 Å². The minimum absolute atomic E-state index is 0.0937. The van der Waals surface area contributed by atoms with Gasteiger partial charge in [0.2, 0.25) is 5.91 Å². The summed E-state index contributed by atoms with van der Waals surface area (Å²) in [5, 5.41) is 2.28. The Morgan fingerprint density at radius 1 is 1.08 bits per heavy atom. The number of alkyl halides is 3. The highest BCUT2D eigenvalue weighted by Crippen LogP contribution is 2.34. The summed E-state index contributed by atoms with van der Waals surface area (Å²) in [6.07, 6.45) is -4.54. The molecule has 0 saturated carbocycles. The number of nitrogens with one attached hydrogen (secondary N) is 1. The van der Waals surface area contributed by atoms with Gasteiger partial charge in [-0.2, -0.15) is 13.2 Å². The van der Waals surface area contributed by atoms with Gasteiger partial charge in [-0.3, -0.25) is 9.69 Å². The van der Waals surface area contributed by atoms with Gasteiger partial charge in [-0.15, -0.1) is 0 Å². The molecule has 0 radical (unpaired) electrons. The van der Waals surface area contributed by atoms with E-state index in [0.29, 0.717) is 6.54 Å². The molecule has 7 heteroatoms. The van der Waals surface area contributed by atoms with Crippen molar-refractivity contribution in [2.45, 2.75) is 12.7 Å². The second-order valence-corrected chi connectivity index (χ2v) is 5.39. The van der Waals surface area contributed by atoms with Crippen molar-refractivity contribution in [3.05, 3.63) is 65.5 Å². The third kappa shape index (κ3) is 5.06. The fraction of sp³-hybridized carbons (Fsp3) is 0.235. The van der Waals surface area contributed by atoms with Crippen molar-refractivity contribution in [1.29, 1.82) is 0 Å². The molecule has 0 fully saturated rings. The summed E-state index contributed by atoms with van der Waals surface area (Å²) in [6.45, 7) is 0.276. The fourth-order valence-electron chi connectivity index (χ4n) is 2.23. The Morgan fingerprint density at radius 2 is 1.71 bits per heavy atom. The number of para-hydroxylation sites is 1. The van der Waals surface area contributed by atoms with Crippen LogP contribution in [-0.2, 0) is 17.5 Å². The first-order chi connectivity index (χ1) is 11.3. The lowest BCUT2D eigenvalue weighted by molar-refractivity contribution is -0.137. The molecule has 0 unspecified atom stereocenters. The number of amides is 1. The molecule has 0 aliphatic rings. The average molecular weight is 340 g/mol. The number of rotatable bonds is 5. The number of anilines is 1. The summed E-state index contributed by atoms with van der Waals surface area (Å²) in [6, 6.07) is 10.6. The maximum absolute atomic E-state index is 12.9. The molecule has 0 saturated heterocycles. The van der Waals surface area contributed by atoms with Gasteiger partial charge in [0.05, 0.1) is 17.8 Å². The van der Waals surface area contributed by atoms with E-state index in [4.69, 9.17) is 0 Å². The standard InChI is InChI=1S/C17H16F4N2O/c1-23(10-12-6-8-13(18)9-7-12)11-16(24)22-15-5-3-2-4-14(15)17(19,20)21/h2-9H,10-11H2,1H3,(H,22,24). The van der Waals surface area contributed by atoms with E-state index in [2.05, 4.69) is 5.32 Å². The van der Waals surface area contributed by atoms with E-state index in [-0.39, 0.29) is 18.0 Å². The SMILES string of the molecule is CN(CC(=O)Nc1ccccc1C(F)(F)F)Cc1ccc(F)cc1. The van der Waals surface area contributed by atoms with E-state index in [1.165, 1.54) is 30.3 Å². The van der Waals surface area contributed by atoms with Crippen molar-refractivity contribution in [3.8, 4) is 0 Å². The molecule has 0 aromatic heterocycles. The number of hydrogen-bond acceptors (Lipinski definition) is 2. The van der Waals surface area contributed by atoms with Crippen LogP contribution in [0.25, 0.3) is 0 Å². The summed E-state index contributed by atoms with van der Waals surface area (Å²) in [4.78, 5) is 13.6.